The molecule has 6 N–H and O–H groups in total. The second kappa shape index (κ2) is 22.4. The summed E-state index contributed by atoms with van der Waals surface area (Å²) in [6, 6.07) is 28.1. The minimum atomic E-state index is 0. The van der Waals surface area contributed by atoms with Crippen molar-refractivity contribution in [2.45, 2.75) is 0 Å². The van der Waals surface area contributed by atoms with Crippen molar-refractivity contribution in [3.05, 3.63) is 119 Å². The molecular weight excluding hydrogens is 624 g/mol. The predicted octanol–water partition coefficient (Wildman–Crippen LogP) is 4.44. The molecule has 0 aliphatic heterocycles. The molecule has 0 unspecified atom stereocenters. The van der Waals surface area contributed by atoms with Crippen LogP contribution in [-0.2, 0) is 34.7 Å². The molecule has 9 nitrogen and oxygen atoms in total. The van der Waals surface area contributed by atoms with Gasteiger partial charge < -0.3 is 25.9 Å². The van der Waals surface area contributed by atoms with E-state index in [1.165, 1.54) is 0 Å². The van der Waals surface area contributed by atoms with E-state index in [0.717, 1.165) is 0 Å². The molecule has 0 amide bonds. The Morgan fingerprint density at radius 1 is 0.372 bits per heavy atom. The predicted molar refractivity (Wildman–Crippen MR) is 166 cm³/mol. The number of nitrogens with zero attached hydrogens (tertiary/aromatic N) is 4. The summed E-state index contributed by atoms with van der Waals surface area (Å²) < 4.78 is 0. The van der Waals surface area contributed by atoms with Crippen LogP contribution in [0.3, 0.4) is 0 Å². The average Bonchev–Trinajstić information content (AvgIpc) is 2.96. The van der Waals surface area contributed by atoms with Crippen molar-refractivity contribution in [3.8, 4) is 23.0 Å². The van der Waals surface area contributed by atoms with Gasteiger partial charge in [-0.3, -0.25) is 20.0 Å². The summed E-state index contributed by atoms with van der Waals surface area (Å²) in [6.07, 6.45) is 6.52. The maximum atomic E-state index is 9.54. The molecule has 0 saturated heterocycles. The summed E-state index contributed by atoms with van der Waals surface area (Å²) >= 11 is 0. The van der Waals surface area contributed by atoms with Crippen LogP contribution < -0.4 is 0 Å². The molecule has 0 bridgehead atoms. The number of aliphatic imine (C=N–C) groups is 4. The minimum Gasteiger partial charge on any atom is -0.507 e. The molecule has 0 fully saturated rings. The number of hydrogen-bond donors (Lipinski definition) is 4. The first kappa shape index (κ1) is 38.8. The zero-order valence-electron chi connectivity index (χ0n) is 23.3. The molecule has 4 rings (SSSR count). The van der Waals surface area contributed by atoms with Crippen molar-refractivity contribution in [3.63, 3.8) is 0 Å². The topological polar surface area (TPSA) is 162 Å². The second-order valence-corrected chi connectivity index (χ2v) is 8.38. The number of benzene rings is 4. The third-order valence-electron chi connectivity index (χ3n) is 5.38. The van der Waals surface area contributed by atoms with Crippen LogP contribution in [0.15, 0.2) is 117 Å². The molecule has 43 heavy (non-hydrogen) atoms. The van der Waals surface area contributed by atoms with Crippen molar-refractivity contribution in [2.75, 3.05) is 26.2 Å². The largest absolute Gasteiger partial charge is 0.507 e. The Kier molecular flexibility index (Phi) is 20.2. The van der Waals surface area contributed by atoms with Crippen molar-refractivity contribution < 1.29 is 60.6 Å². The Bertz CT molecular complexity index is 1260. The van der Waals surface area contributed by atoms with Gasteiger partial charge in [0, 0.05) is 81.8 Å². The van der Waals surface area contributed by atoms with Gasteiger partial charge in [0.2, 0.25) is 0 Å². The molecule has 4 aromatic carbocycles. The van der Waals surface area contributed by atoms with Gasteiger partial charge in [-0.25, -0.2) is 0 Å². The van der Waals surface area contributed by atoms with Crippen LogP contribution in [0.2, 0.25) is 0 Å². The van der Waals surface area contributed by atoms with E-state index < -0.39 is 0 Å². The van der Waals surface area contributed by atoms with E-state index in [-0.39, 0.29) is 63.2 Å². The summed E-state index contributed by atoms with van der Waals surface area (Å²) in [5.74, 6) is 0.867. The van der Waals surface area contributed by atoms with Crippen LogP contribution in [0.5, 0.6) is 23.0 Å². The summed E-state index contributed by atoms with van der Waals surface area (Å²) in [5.41, 5.74) is 2.77. The first-order valence-corrected chi connectivity index (χ1v) is 12.7. The maximum absolute atomic E-state index is 9.54. The van der Waals surface area contributed by atoms with Crippen LogP contribution in [0, 0.1) is 0 Å². The molecule has 0 aliphatic carbocycles. The van der Waals surface area contributed by atoms with E-state index in [1.807, 2.05) is 24.3 Å². The first-order valence-electron chi connectivity index (χ1n) is 12.7. The molecule has 0 saturated carbocycles. The fourth-order valence-corrected chi connectivity index (χ4v) is 3.27. The molecule has 0 heterocycles. The van der Waals surface area contributed by atoms with Crippen molar-refractivity contribution >= 4 is 24.9 Å². The van der Waals surface area contributed by atoms with E-state index in [0.29, 0.717) is 48.4 Å². The maximum Gasteiger partial charge on any atom is 0.124 e. The number of hydrogen-bond acceptors (Lipinski definition) is 8. The van der Waals surface area contributed by atoms with Gasteiger partial charge in [0.15, 0.2) is 0 Å². The van der Waals surface area contributed by atoms with E-state index in [9.17, 15) is 20.4 Å². The van der Waals surface area contributed by atoms with E-state index in [2.05, 4.69) is 20.0 Å². The van der Waals surface area contributed by atoms with Gasteiger partial charge in [0.25, 0.3) is 0 Å². The van der Waals surface area contributed by atoms with Gasteiger partial charge in [0.05, 0.1) is 26.2 Å². The Hall–Kier alpha value is -4.22. The average molecular weight is 659 g/mol. The van der Waals surface area contributed by atoms with Crippen molar-refractivity contribution in [1.82, 2.24) is 0 Å². The fourth-order valence-electron chi connectivity index (χ4n) is 3.27. The smallest absolute Gasteiger partial charge is 0.124 e. The molecule has 224 valence electrons. The molecule has 0 radical (unpaired) electrons. The van der Waals surface area contributed by atoms with Gasteiger partial charge in [-0.1, -0.05) is 48.5 Å². The van der Waals surface area contributed by atoms with Crippen molar-refractivity contribution in [1.29, 1.82) is 0 Å². The molecule has 0 atom stereocenters. The summed E-state index contributed by atoms with van der Waals surface area (Å²) in [4.78, 5) is 16.8. The number of para-hydroxylation sites is 4. The normalized spacial score (nSPS) is 10.6. The van der Waals surface area contributed by atoms with Gasteiger partial charge in [0.1, 0.15) is 23.0 Å². The fraction of sp³-hybridized carbons (Fsp3) is 0.125. The summed E-state index contributed by atoms with van der Waals surface area (Å²) in [7, 11) is 0. The van der Waals surface area contributed by atoms with Crippen LogP contribution in [0.1, 0.15) is 22.3 Å². The van der Waals surface area contributed by atoms with E-state index in [1.54, 1.807) is 97.7 Å². The minimum absolute atomic E-state index is 0. The van der Waals surface area contributed by atoms with Gasteiger partial charge >= 0.3 is 0 Å². The zero-order valence-corrected chi connectivity index (χ0v) is 25.8. The molecule has 0 spiro atoms. The molecule has 4 aromatic rings. The van der Waals surface area contributed by atoms with E-state index in [4.69, 9.17) is 0 Å². The summed E-state index contributed by atoms with van der Waals surface area (Å²) in [6.45, 7) is 2.10. The van der Waals surface area contributed by atoms with Gasteiger partial charge in [-0.05, 0) is 48.5 Å². The molecule has 0 aliphatic rings. The van der Waals surface area contributed by atoms with Crippen LogP contribution in [0.4, 0.5) is 0 Å². The van der Waals surface area contributed by atoms with Crippen LogP contribution >= 0.6 is 0 Å². The Morgan fingerprint density at radius 3 is 0.744 bits per heavy atom. The quantitative estimate of drug-likeness (QED) is 0.147. The summed E-state index contributed by atoms with van der Waals surface area (Å²) in [5, 5.41) is 38.2. The SMILES string of the molecule is O.Oc1ccccc1C=NCCN=Cc1ccccc1O.Oc1ccccc1C=NCCN=Cc1ccccc1O.[Cr].[Cr]. The Morgan fingerprint density at radius 2 is 0.558 bits per heavy atom. The molecule has 0 aromatic heterocycles. The third kappa shape index (κ3) is 14.5. The monoisotopic (exact) mass is 658 g/mol. The van der Waals surface area contributed by atoms with Crippen LogP contribution in [-0.4, -0.2) is 76.9 Å². The third-order valence-corrected chi connectivity index (χ3v) is 5.38. The van der Waals surface area contributed by atoms with Gasteiger partial charge in [-0.2, -0.15) is 0 Å². The Balaban J connectivity index is 0.000000767. The zero-order chi connectivity index (χ0) is 28.4. The molecule has 11 heteroatoms. The van der Waals surface area contributed by atoms with E-state index >= 15 is 0 Å². The van der Waals surface area contributed by atoms with Crippen LogP contribution in [0.25, 0.3) is 0 Å². The number of phenols is 4. The Labute approximate surface area is 273 Å². The molecular formula is C32H34Cr2N4O5. The number of aromatic hydroxyl groups is 4. The second-order valence-electron chi connectivity index (χ2n) is 8.38. The standard InChI is InChI=1S/2C16H16N2O2.2Cr.H2O/c2*19-15-7-3-1-5-13(15)11-17-9-10-18-12-14-6-2-4-8-16(14)20;;;/h2*1-8,11-12,19-20H,9-10H2;;;1H2. The van der Waals surface area contributed by atoms with Gasteiger partial charge in [-0.15, -0.1) is 0 Å². The number of rotatable bonds is 10. The first-order chi connectivity index (χ1) is 19.5. The van der Waals surface area contributed by atoms with Crippen molar-refractivity contribution in [2.24, 2.45) is 20.0 Å². The number of phenolic OH excluding ortho intramolecular Hbond substituents is 4.